The Kier molecular flexibility index (Phi) is 3.80. The van der Waals surface area contributed by atoms with E-state index in [1.807, 2.05) is 30.0 Å². The standard InChI is InChI=1S/C13H15BrN2O3/c1-8(5-13(18)19)16-7-12(17)15(2)11-6-9(14)3-4-10(11)16/h3-4,6,8H,5,7H2,1-2H3,(H,18,19). The molecule has 1 N–H and O–H groups in total. The molecular weight excluding hydrogens is 312 g/mol. The van der Waals surface area contributed by atoms with Crippen LogP contribution in [0.3, 0.4) is 0 Å². The van der Waals surface area contributed by atoms with E-state index in [4.69, 9.17) is 5.11 Å². The second-order valence-corrected chi connectivity index (χ2v) is 5.58. The first-order valence-electron chi connectivity index (χ1n) is 5.94. The number of hydrogen-bond donors (Lipinski definition) is 1. The van der Waals surface area contributed by atoms with Gasteiger partial charge in [-0.3, -0.25) is 9.59 Å². The molecule has 6 heteroatoms. The average Bonchev–Trinajstić information content (AvgIpc) is 2.33. The third-order valence-electron chi connectivity index (χ3n) is 3.29. The molecule has 1 aromatic carbocycles. The van der Waals surface area contributed by atoms with Crippen molar-refractivity contribution in [3.05, 3.63) is 22.7 Å². The van der Waals surface area contributed by atoms with Gasteiger partial charge in [-0.05, 0) is 25.1 Å². The second kappa shape index (κ2) is 5.21. The minimum absolute atomic E-state index is 0.00645. The summed E-state index contributed by atoms with van der Waals surface area (Å²) in [6, 6.07) is 5.44. The third kappa shape index (κ3) is 2.73. The molecule has 0 aliphatic carbocycles. The summed E-state index contributed by atoms with van der Waals surface area (Å²) in [4.78, 5) is 26.3. The highest BCUT2D eigenvalue weighted by Gasteiger charge is 2.30. The van der Waals surface area contributed by atoms with Crippen LogP contribution in [0.1, 0.15) is 13.3 Å². The zero-order chi connectivity index (χ0) is 14.2. The molecule has 102 valence electrons. The predicted octanol–water partition coefficient (Wildman–Crippen LogP) is 2.10. The fourth-order valence-electron chi connectivity index (χ4n) is 2.24. The minimum atomic E-state index is -0.863. The topological polar surface area (TPSA) is 60.9 Å². The van der Waals surface area contributed by atoms with Gasteiger partial charge < -0.3 is 14.9 Å². The van der Waals surface area contributed by atoms with Crippen molar-refractivity contribution in [3.8, 4) is 0 Å². The van der Waals surface area contributed by atoms with Crippen LogP contribution < -0.4 is 9.80 Å². The van der Waals surface area contributed by atoms with Crippen molar-refractivity contribution in [2.45, 2.75) is 19.4 Å². The molecular formula is C13H15BrN2O3. The Hall–Kier alpha value is -1.56. The molecule has 1 aliphatic rings. The van der Waals surface area contributed by atoms with Gasteiger partial charge in [-0.1, -0.05) is 15.9 Å². The fourth-order valence-corrected chi connectivity index (χ4v) is 2.58. The molecule has 0 aromatic heterocycles. The number of anilines is 2. The molecule has 1 heterocycles. The summed E-state index contributed by atoms with van der Waals surface area (Å²) in [5, 5.41) is 8.90. The maximum Gasteiger partial charge on any atom is 0.305 e. The molecule has 19 heavy (non-hydrogen) atoms. The van der Waals surface area contributed by atoms with Crippen LogP contribution in [0.15, 0.2) is 22.7 Å². The summed E-state index contributed by atoms with van der Waals surface area (Å²) in [5.41, 5.74) is 1.68. The lowest BCUT2D eigenvalue weighted by Crippen LogP contribution is -2.48. The number of carbonyl (C=O) groups excluding carboxylic acids is 1. The smallest absolute Gasteiger partial charge is 0.305 e. The number of fused-ring (bicyclic) bond motifs is 1. The van der Waals surface area contributed by atoms with Crippen molar-refractivity contribution in [3.63, 3.8) is 0 Å². The Morgan fingerprint density at radius 3 is 2.79 bits per heavy atom. The number of rotatable bonds is 3. The summed E-state index contributed by atoms with van der Waals surface area (Å²) in [5.74, 6) is -0.902. The van der Waals surface area contributed by atoms with Gasteiger partial charge in [-0.15, -0.1) is 0 Å². The van der Waals surface area contributed by atoms with Gasteiger partial charge in [0.25, 0.3) is 0 Å². The maximum atomic E-state index is 12.0. The van der Waals surface area contributed by atoms with E-state index in [1.165, 1.54) is 0 Å². The van der Waals surface area contributed by atoms with Gasteiger partial charge in [0, 0.05) is 17.6 Å². The van der Waals surface area contributed by atoms with E-state index in [2.05, 4.69) is 15.9 Å². The van der Waals surface area contributed by atoms with Crippen LogP contribution in [0.4, 0.5) is 11.4 Å². The van der Waals surface area contributed by atoms with Crippen molar-refractivity contribution >= 4 is 39.2 Å². The molecule has 1 unspecified atom stereocenters. The van der Waals surface area contributed by atoms with Crippen molar-refractivity contribution in [2.24, 2.45) is 0 Å². The van der Waals surface area contributed by atoms with E-state index in [-0.39, 0.29) is 24.9 Å². The van der Waals surface area contributed by atoms with Gasteiger partial charge in [0.2, 0.25) is 5.91 Å². The molecule has 1 aliphatic heterocycles. The highest BCUT2D eigenvalue weighted by atomic mass is 79.9. The van der Waals surface area contributed by atoms with Gasteiger partial charge in [0.05, 0.1) is 24.3 Å². The number of hydrogen-bond acceptors (Lipinski definition) is 3. The monoisotopic (exact) mass is 326 g/mol. The Morgan fingerprint density at radius 2 is 2.16 bits per heavy atom. The van der Waals surface area contributed by atoms with E-state index < -0.39 is 5.97 Å². The Labute approximate surface area is 119 Å². The molecule has 0 spiro atoms. The molecule has 0 fully saturated rings. The van der Waals surface area contributed by atoms with E-state index in [9.17, 15) is 9.59 Å². The Morgan fingerprint density at radius 1 is 1.47 bits per heavy atom. The lowest BCUT2D eigenvalue weighted by molar-refractivity contribution is -0.137. The van der Waals surface area contributed by atoms with Gasteiger partial charge in [-0.25, -0.2) is 0 Å². The van der Waals surface area contributed by atoms with Crippen LogP contribution >= 0.6 is 15.9 Å². The van der Waals surface area contributed by atoms with Gasteiger partial charge >= 0.3 is 5.97 Å². The number of halogens is 1. The summed E-state index contributed by atoms with van der Waals surface area (Å²) in [7, 11) is 1.73. The lowest BCUT2D eigenvalue weighted by Gasteiger charge is -2.38. The summed E-state index contributed by atoms with van der Waals surface area (Å²) >= 11 is 3.38. The number of likely N-dealkylation sites (N-methyl/N-ethyl adjacent to an activating group) is 1. The maximum absolute atomic E-state index is 12.0. The second-order valence-electron chi connectivity index (χ2n) is 4.66. The third-order valence-corrected chi connectivity index (χ3v) is 3.78. The molecule has 0 bridgehead atoms. The summed E-state index contributed by atoms with van der Waals surface area (Å²) in [6.07, 6.45) is 0.00645. The summed E-state index contributed by atoms with van der Waals surface area (Å²) < 4.78 is 0.888. The SMILES string of the molecule is CC(CC(=O)O)N1CC(=O)N(C)c2cc(Br)ccc21. The highest BCUT2D eigenvalue weighted by molar-refractivity contribution is 9.10. The molecule has 0 saturated carbocycles. The molecule has 0 radical (unpaired) electrons. The number of carboxylic acids is 1. The number of nitrogens with zero attached hydrogens (tertiary/aromatic N) is 2. The molecule has 1 amide bonds. The van der Waals surface area contributed by atoms with E-state index in [0.717, 1.165) is 15.8 Å². The number of aliphatic carboxylic acids is 1. The number of amides is 1. The number of carbonyl (C=O) groups is 2. The number of benzene rings is 1. The fraction of sp³-hybridized carbons (Fsp3) is 0.385. The minimum Gasteiger partial charge on any atom is -0.481 e. The zero-order valence-corrected chi connectivity index (χ0v) is 12.3. The molecule has 0 saturated heterocycles. The molecule has 5 nitrogen and oxygen atoms in total. The van der Waals surface area contributed by atoms with E-state index in [1.54, 1.807) is 11.9 Å². The van der Waals surface area contributed by atoms with Crippen molar-refractivity contribution in [2.75, 3.05) is 23.4 Å². The van der Waals surface area contributed by atoms with Crippen LogP contribution in [0, 0.1) is 0 Å². The largest absolute Gasteiger partial charge is 0.481 e. The molecule has 2 rings (SSSR count). The lowest BCUT2D eigenvalue weighted by atomic mass is 10.1. The highest BCUT2D eigenvalue weighted by Crippen LogP contribution is 2.36. The summed E-state index contributed by atoms with van der Waals surface area (Å²) in [6.45, 7) is 2.03. The quantitative estimate of drug-likeness (QED) is 0.924. The van der Waals surface area contributed by atoms with Crippen LogP contribution in [0.2, 0.25) is 0 Å². The van der Waals surface area contributed by atoms with Crippen molar-refractivity contribution in [1.82, 2.24) is 0 Å². The van der Waals surface area contributed by atoms with Crippen molar-refractivity contribution in [1.29, 1.82) is 0 Å². The first-order valence-corrected chi connectivity index (χ1v) is 6.74. The molecule has 1 atom stereocenters. The Bertz CT molecular complexity index is 533. The van der Waals surface area contributed by atoms with Gasteiger partial charge in [-0.2, -0.15) is 0 Å². The normalized spacial score (nSPS) is 16.3. The van der Waals surface area contributed by atoms with Gasteiger partial charge in [0.15, 0.2) is 0 Å². The van der Waals surface area contributed by atoms with Crippen molar-refractivity contribution < 1.29 is 14.7 Å². The molecule has 1 aromatic rings. The average molecular weight is 327 g/mol. The zero-order valence-electron chi connectivity index (χ0n) is 10.8. The first-order chi connectivity index (χ1) is 8.90. The van der Waals surface area contributed by atoms with E-state index >= 15 is 0 Å². The Balaban J connectivity index is 2.40. The first kappa shape index (κ1) is 13.9. The number of carboxylic acid groups (broad SMARTS) is 1. The van der Waals surface area contributed by atoms with Crippen LogP contribution in [0.5, 0.6) is 0 Å². The van der Waals surface area contributed by atoms with Crippen LogP contribution in [-0.4, -0.2) is 36.6 Å². The van der Waals surface area contributed by atoms with Gasteiger partial charge in [0.1, 0.15) is 0 Å². The van der Waals surface area contributed by atoms with Crippen LogP contribution in [-0.2, 0) is 9.59 Å². The van der Waals surface area contributed by atoms with E-state index in [0.29, 0.717) is 0 Å². The predicted molar refractivity (Wildman–Crippen MR) is 76.6 cm³/mol. The van der Waals surface area contributed by atoms with Crippen LogP contribution in [0.25, 0.3) is 0 Å².